The fraction of sp³-hybridized carbons (Fsp3) is 0.350. The molecule has 0 saturated heterocycles. The highest BCUT2D eigenvalue weighted by Gasteiger charge is 2.20. The van der Waals surface area contributed by atoms with Gasteiger partial charge in [0.15, 0.2) is 5.65 Å². The first kappa shape index (κ1) is 20.2. The van der Waals surface area contributed by atoms with Gasteiger partial charge in [-0.2, -0.15) is 5.10 Å². The van der Waals surface area contributed by atoms with Crippen LogP contribution in [-0.2, 0) is 27.9 Å². The van der Waals surface area contributed by atoms with Gasteiger partial charge in [-0.05, 0) is 19.4 Å². The lowest BCUT2D eigenvalue weighted by Gasteiger charge is -2.19. The van der Waals surface area contributed by atoms with Crippen LogP contribution in [0.15, 0.2) is 47.7 Å². The number of benzene rings is 1. The van der Waals surface area contributed by atoms with E-state index < -0.39 is 17.9 Å². The van der Waals surface area contributed by atoms with Crippen LogP contribution in [0.3, 0.4) is 0 Å². The number of nitrogens with zero attached hydrogens (tertiary/aromatic N) is 4. The number of nitrogens with one attached hydrogen (secondary N) is 1. The van der Waals surface area contributed by atoms with Crippen LogP contribution in [0, 0.1) is 0 Å². The van der Waals surface area contributed by atoms with Crippen molar-refractivity contribution in [1.82, 2.24) is 24.6 Å². The first-order valence-electron chi connectivity index (χ1n) is 9.26. The van der Waals surface area contributed by atoms with Crippen molar-refractivity contribution in [2.45, 2.75) is 39.0 Å². The number of aryl methyl sites for hydroxylation is 1. The van der Waals surface area contributed by atoms with E-state index in [0.29, 0.717) is 11.0 Å². The molecule has 2 heterocycles. The van der Waals surface area contributed by atoms with Gasteiger partial charge in [-0.15, -0.1) is 0 Å². The summed E-state index contributed by atoms with van der Waals surface area (Å²) in [6.07, 6.45) is 2.48. The molecule has 0 radical (unpaired) electrons. The van der Waals surface area contributed by atoms with Crippen molar-refractivity contribution >= 4 is 22.9 Å². The summed E-state index contributed by atoms with van der Waals surface area (Å²) in [7, 11) is 1.69. The molecule has 1 unspecified atom stereocenters. The SMILES string of the molecule is CC(C)OC(=O)CC(NC(=O)Cn1cnc2c(cnn2C)c1=O)c1ccccc1. The fourth-order valence-corrected chi connectivity index (χ4v) is 2.99. The van der Waals surface area contributed by atoms with Crippen LogP contribution in [0.25, 0.3) is 11.0 Å². The summed E-state index contributed by atoms with van der Waals surface area (Å²) in [4.78, 5) is 41.5. The Morgan fingerprint density at radius 2 is 1.93 bits per heavy atom. The summed E-state index contributed by atoms with van der Waals surface area (Å²) in [5, 5.41) is 7.16. The van der Waals surface area contributed by atoms with Crippen LogP contribution in [0.2, 0.25) is 0 Å². The van der Waals surface area contributed by atoms with E-state index >= 15 is 0 Å². The number of carbonyl (C=O) groups is 2. The quantitative estimate of drug-likeness (QED) is 0.603. The highest BCUT2D eigenvalue weighted by molar-refractivity contribution is 5.79. The van der Waals surface area contributed by atoms with Crippen LogP contribution in [0.4, 0.5) is 0 Å². The molecular weight excluding hydrogens is 374 g/mol. The summed E-state index contributed by atoms with van der Waals surface area (Å²) < 4.78 is 7.92. The first-order chi connectivity index (χ1) is 13.8. The molecule has 0 bridgehead atoms. The van der Waals surface area contributed by atoms with Crippen LogP contribution in [0.5, 0.6) is 0 Å². The normalized spacial score (nSPS) is 12.1. The second-order valence-electron chi connectivity index (χ2n) is 6.96. The molecule has 1 atom stereocenters. The van der Waals surface area contributed by atoms with Gasteiger partial charge in [0.1, 0.15) is 18.3 Å². The van der Waals surface area contributed by atoms with E-state index in [1.54, 1.807) is 20.9 Å². The van der Waals surface area contributed by atoms with Crippen molar-refractivity contribution in [3.05, 3.63) is 58.8 Å². The van der Waals surface area contributed by atoms with E-state index in [-0.39, 0.29) is 24.6 Å². The third-order valence-corrected chi connectivity index (χ3v) is 4.31. The van der Waals surface area contributed by atoms with E-state index in [4.69, 9.17) is 4.74 Å². The molecule has 3 rings (SSSR count). The van der Waals surface area contributed by atoms with Gasteiger partial charge in [0, 0.05) is 7.05 Å². The Morgan fingerprint density at radius 3 is 2.62 bits per heavy atom. The van der Waals surface area contributed by atoms with Crippen molar-refractivity contribution in [2.24, 2.45) is 7.05 Å². The number of fused-ring (bicyclic) bond motifs is 1. The summed E-state index contributed by atoms with van der Waals surface area (Å²) in [6, 6.07) is 8.58. The maximum Gasteiger partial charge on any atom is 0.308 e. The van der Waals surface area contributed by atoms with E-state index in [1.807, 2.05) is 30.3 Å². The van der Waals surface area contributed by atoms with Crippen LogP contribution >= 0.6 is 0 Å². The number of aromatic nitrogens is 4. The van der Waals surface area contributed by atoms with Crippen molar-refractivity contribution in [1.29, 1.82) is 0 Å². The van der Waals surface area contributed by atoms with Gasteiger partial charge in [-0.25, -0.2) is 4.98 Å². The first-order valence-corrected chi connectivity index (χ1v) is 9.26. The maximum atomic E-state index is 12.6. The standard InChI is InChI=1S/C20H23N5O4/c1-13(2)29-18(27)9-16(14-7-5-4-6-8-14)23-17(26)11-25-12-21-19-15(20(25)28)10-22-24(19)3/h4-8,10,12-13,16H,9,11H2,1-3H3,(H,23,26). The average molecular weight is 397 g/mol. The number of hydrogen-bond acceptors (Lipinski definition) is 6. The Kier molecular flexibility index (Phi) is 6.06. The molecule has 9 heteroatoms. The molecule has 1 amide bonds. The predicted octanol–water partition coefficient (Wildman–Crippen LogP) is 1.33. The number of amides is 1. The van der Waals surface area contributed by atoms with Crippen LogP contribution in [0.1, 0.15) is 31.9 Å². The van der Waals surface area contributed by atoms with Crippen LogP contribution in [-0.4, -0.2) is 37.3 Å². The minimum Gasteiger partial charge on any atom is -0.463 e. The molecule has 1 N–H and O–H groups in total. The Balaban J connectivity index is 1.77. The zero-order valence-electron chi connectivity index (χ0n) is 16.5. The monoisotopic (exact) mass is 397 g/mol. The van der Waals surface area contributed by atoms with Crippen molar-refractivity contribution < 1.29 is 14.3 Å². The third-order valence-electron chi connectivity index (χ3n) is 4.31. The number of ether oxygens (including phenoxy) is 1. The average Bonchev–Trinajstić information content (AvgIpc) is 3.05. The molecule has 0 aliphatic heterocycles. The zero-order valence-corrected chi connectivity index (χ0v) is 16.5. The van der Waals surface area contributed by atoms with Gasteiger partial charge >= 0.3 is 5.97 Å². The molecule has 0 fully saturated rings. The number of hydrogen-bond donors (Lipinski definition) is 1. The Morgan fingerprint density at radius 1 is 1.21 bits per heavy atom. The minimum absolute atomic E-state index is 0.0112. The molecular formula is C20H23N5O4. The van der Waals surface area contributed by atoms with Crippen LogP contribution < -0.4 is 10.9 Å². The lowest BCUT2D eigenvalue weighted by molar-refractivity contribution is -0.148. The Hall–Kier alpha value is -3.49. The lowest BCUT2D eigenvalue weighted by Crippen LogP contribution is -2.36. The predicted molar refractivity (Wildman–Crippen MR) is 106 cm³/mol. The molecule has 3 aromatic rings. The van der Waals surface area contributed by atoms with Crippen molar-refractivity contribution in [3.63, 3.8) is 0 Å². The van der Waals surface area contributed by atoms with E-state index in [0.717, 1.165) is 5.56 Å². The molecule has 0 aliphatic rings. The van der Waals surface area contributed by atoms with Gasteiger partial charge in [0.05, 0.1) is 24.8 Å². The molecule has 0 aliphatic carbocycles. The Labute approximate surface area is 167 Å². The minimum atomic E-state index is -0.569. The Bertz CT molecular complexity index is 1070. The number of esters is 1. The van der Waals surface area contributed by atoms with E-state index in [9.17, 15) is 14.4 Å². The lowest BCUT2D eigenvalue weighted by atomic mass is 10.0. The summed E-state index contributed by atoms with van der Waals surface area (Å²) in [5.41, 5.74) is 0.869. The van der Waals surface area contributed by atoms with Gasteiger partial charge in [-0.3, -0.25) is 23.6 Å². The number of carbonyl (C=O) groups excluding carboxylic acids is 2. The molecule has 9 nitrogen and oxygen atoms in total. The second kappa shape index (κ2) is 8.68. The molecule has 152 valence electrons. The van der Waals surface area contributed by atoms with Crippen molar-refractivity contribution in [3.8, 4) is 0 Å². The topological polar surface area (TPSA) is 108 Å². The fourth-order valence-electron chi connectivity index (χ4n) is 2.99. The largest absolute Gasteiger partial charge is 0.463 e. The summed E-state index contributed by atoms with van der Waals surface area (Å²) in [6.45, 7) is 3.31. The number of rotatable bonds is 7. The third kappa shape index (κ3) is 4.87. The molecule has 1 aromatic carbocycles. The molecule has 29 heavy (non-hydrogen) atoms. The van der Waals surface area contributed by atoms with E-state index in [1.165, 1.54) is 21.8 Å². The van der Waals surface area contributed by atoms with Gasteiger partial charge < -0.3 is 10.1 Å². The summed E-state index contributed by atoms with van der Waals surface area (Å²) in [5.74, 6) is -0.826. The highest BCUT2D eigenvalue weighted by atomic mass is 16.5. The van der Waals surface area contributed by atoms with Gasteiger partial charge in [0.2, 0.25) is 5.91 Å². The summed E-state index contributed by atoms with van der Waals surface area (Å²) >= 11 is 0. The van der Waals surface area contributed by atoms with E-state index in [2.05, 4.69) is 15.4 Å². The molecule has 2 aromatic heterocycles. The molecule has 0 saturated carbocycles. The zero-order chi connectivity index (χ0) is 21.0. The maximum absolute atomic E-state index is 12.6. The van der Waals surface area contributed by atoms with Gasteiger partial charge in [0.25, 0.3) is 5.56 Å². The molecule has 0 spiro atoms. The van der Waals surface area contributed by atoms with Gasteiger partial charge in [-0.1, -0.05) is 30.3 Å². The smallest absolute Gasteiger partial charge is 0.308 e. The van der Waals surface area contributed by atoms with Crippen molar-refractivity contribution in [2.75, 3.05) is 0 Å². The highest BCUT2D eigenvalue weighted by Crippen LogP contribution is 2.17. The second-order valence-corrected chi connectivity index (χ2v) is 6.96.